The zero-order chi connectivity index (χ0) is 15.9. The van der Waals surface area contributed by atoms with Gasteiger partial charge in [0.1, 0.15) is 0 Å². The smallest absolute Gasteiger partial charge is 0.233 e. The minimum atomic E-state index is 0.107. The lowest BCUT2D eigenvalue weighted by molar-refractivity contribution is -0.129. The summed E-state index contributed by atoms with van der Waals surface area (Å²) < 4.78 is 1.57. The Morgan fingerprint density at radius 1 is 1.32 bits per heavy atom. The molecule has 0 saturated heterocycles. The topological polar surface area (TPSA) is 63.9 Å². The standard InChI is InChI=1S/C15H21N5OS/c1-4-9-20(10-13-7-5-12(2)6-8-13)14(21)11-22-15-16-17-18-19(15)3/h5-8H,4,9-11H2,1-3H3. The Balaban J connectivity index is 1.95. The highest BCUT2D eigenvalue weighted by Gasteiger charge is 2.15. The van der Waals surface area contributed by atoms with Gasteiger partial charge < -0.3 is 4.90 Å². The monoisotopic (exact) mass is 319 g/mol. The van der Waals surface area contributed by atoms with Gasteiger partial charge in [0.05, 0.1) is 5.75 Å². The molecule has 1 aromatic carbocycles. The lowest BCUT2D eigenvalue weighted by Crippen LogP contribution is -2.32. The van der Waals surface area contributed by atoms with Gasteiger partial charge in [0, 0.05) is 20.1 Å². The first-order valence-electron chi connectivity index (χ1n) is 7.28. The third kappa shape index (κ3) is 4.56. The van der Waals surface area contributed by atoms with Crippen molar-refractivity contribution in [3.05, 3.63) is 35.4 Å². The normalized spacial score (nSPS) is 10.7. The molecule has 22 heavy (non-hydrogen) atoms. The number of benzene rings is 1. The van der Waals surface area contributed by atoms with E-state index in [1.165, 1.54) is 17.3 Å². The predicted octanol–water partition coefficient (Wildman–Crippen LogP) is 2.05. The summed E-state index contributed by atoms with van der Waals surface area (Å²) >= 11 is 1.36. The van der Waals surface area contributed by atoms with E-state index in [9.17, 15) is 4.79 Å². The van der Waals surface area contributed by atoms with E-state index in [0.717, 1.165) is 18.5 Å². The van der Waals surface area contributed by atoms with Crippen molar-refractivity contribution in [1.29, 1.82) is 0 Å². The van der Waals surface area contributed by atoms with Crippen molar-refractivity contribution >= 4 is 17.7 Å². The van der Waals surface area contributed by atoms with E-state index in [1.54, 1.807) is 11.7 Å². The number of rotatable bonds is 7. The van der Waals surface area contributed by atoms with Crippen molar-refractivity contribution in [3.8, 4) is 0 Å². The maximum atomic E-state index is 12.4. The van der Waals surface area contributed by atoms with Crippen molar-refractivity contribution in [2.24, 2.45) is 7.05 Å². The summed E-state index contributed by atoms with van der Waals surface area (Å²) in [4.78, 5) is 14.3. The van der Waals surface area contributed by atoms with Crippen LogP contribution in [0.2, 0.25) is 0 Å². The number of hydrogen-bond donors (Lipinski definition) is 0. The van der Waals surface area contributed by atoms with Crippen LogP contribution in [0.25, 0.3) is 0 Å². The Labute approximate surface area is 134 Å². The van der Waals surface area contributed by atoms with Gasteiger partial charge in [-0.05, 0) is 29.3 Å². The molecule has 0 saturated carbocycles. The van der Waals surface area contributed by atoms with E-state index in [4.69, 9.17) is 0 Å². The first kappa shape index (κ1) is 16.5. The number of nitrogens with zero attached hydrogens (tertiary/aromatic N) is 5. The average molecular weight is 319 g/mol. The van der Waals surface area contributed by atoms with Crippen LogP contribution in [0.1, 0.15) is 24.5 Å². The highest BCUT2D eigenvalue weighted by atomic mass is 32.2. The Hall–Kier alpha value is -1.89. The predicted molar refractivity (Wildman–Crippen MR) is 86.4 cm³/mol. The summed E-state index contributed by atoms with van der Waals surface area (Å²) in [7, 11) is 1.77. The fourth-order valence-corrected chi connectivity index (χ4v) is 2.79. The molecular formula is C15H21N5OS. The number of amides is 1. The first-order chi connectivity index (χ1) is 10.6. The van der Waals surface area contributed by atoms with Crippen molar-refractivity contribution in [2.45, 2.75) is 32.0 Å². The molecule has 6 nitrogen and oxygen atoms in total. The number of carbonyl (C=O) groups excluding carboxylic acids is 1. The second kappa shape index (κ2) is 7.93. The molecular weight excluding hydrogens is 298 g/mol. The van der Waals surface area contributed by atoms with E-state index in [1.807, 2.05) is 4.90 Å². The highest BCUT2D eigenvalue weighted by Crippen LogP contribution is 2.15. The van der Waals surface area contributed by atoms with E-state index in [-0.39, 0.29) is 5.91 Å². The van der Waals surface area contributed by atoms with Crippen LogP contribution in [-0.4, -0.2) is 43.3 Å². The summed E-state index contributed by atoms with van der Waals surface area (Å²) in [5, 5.41) is 11.9. The van der Waals surface area contributed by atoms with Gasteiger partial charge >= 0.3 is 0 Å². The maximum Gasteiger partial charge on any atom is 0.233 e. The molecule has 1 heterocycles. The molecule has 0 atom stereocenters. The first-order valence-corrected chi connectivity index (χ1v) is 8.27. The second-order valence-electron chi connectivity index (χ2n) is 5.17. The summed E-state index contributed by atoms with van der Waals surface area (Å²) in [6.45, 7) is 5.54. The minimum Gasteiger partial charge on any atom is -0.338 e. The Morgan fingerprint density at radius 2 is 2.05 bits per heavy atom. The van der Waals surface area contributed by atoms with E-state index >= 15 is 0 Å². The van der Waals surface area contributed by atoms with E-state index in [2.05, 4.69) is 53.6 Å². The average Bonchev–Trinajstić information content (AvgIpc) is 2.92. The van der Waals surface area contributed by atoms with Crippen LogP contribution < -0.4 is 0 Å². The fraction of sp³-hybridized carbons (Fsp3) is 0.467. The molecule has 2 aromatic rings. The van der Waals surface area contributed by atoms with Crippen LogP contribution in [0.5, 0.6) is 0 Å². The van der Waals surface area contributed by atoms with Crippen molar-refractivity contribution in [3.63, 3.8) is 0 Å². The molecule has 2 rings (SSSR count). The maximum absolute atomic E-state index is 12.4. The second-order valence-corrected chi connectivity index (χ2v) is 6.12. The zero-order valence-corrected chi connectivity index (χ0v) is 14.0. The number of thioether (sulfide) groups is 1. The van der Waals surface area contributed by atoms with Gasteiger partial charge in [0.15, 0.2) is 0 Å². The van der Waals surface area contributed by atoms with Gasteiger partial charge in [-0.1, -0.05) is 48.5 Å². The summed E-state index contributed by atoms with van der Waals surface area (Å²) in [5.41, 5.74) is 2.38. The highest BCUT2D eigenvalue weighted by molar-refractivity contribution is 7.99. The molecule has 1 amide bonds. The van der Waals surface area contributed by atoms with Crippen LogP contribution in [0.4, 0.5) is 0 Å². The zero-order valence-electron chi connectivity index (χ0n) is 13.2. The fourth-order valence-electron chi connectivity index (χ4n) is 2.04. The molecule has 0 aliphatic heterocycles. The molecule has 118 valence electrons. The third-order valence-electron chi connectivity index (χ3n) is 3.25. The molecule has 0 unspecified atom stereocenters. The SMILES string of the molecule is CCCN(Cc1ccc(C)cc1)C(=O)CSc1nnnn1C. The number of aryl methyl sites for hydroxylation is 2. The van der Waals surface area contributed by atoms with Crippen LogP contribution in [0.15, 0.2) is 29.4 Å². The molecule has 0 fully saturated rings. The summed E-state index contributed by atoms with van der Waals surface area (Å²) in [6, 6.07) is 8.30. The number of hydrogen-bond acceptors (Lipinski definition) is 5. The molecule has 0 aliphatic rings. The molecule has 0 spiro atoms. The Morgan fingerprint density at radius 3 is 2.64 bits per heavy atom. The van der Waals surface area contributed by atoms with Gasteiger partial charge in [-0.15, -0.1) is 5.10 Å². The van der Waals surface area contributed by atoms with Gasteiger partial charge in [-0.2, -0.15) is 0 Å². The van der Waals surface area contributed by atoms with Gasteiger partial charge in [-0.3, -0.25) is 4.79 Å². The molecule has 0 N–H and O–H groups in total. The van der Waals surface area contributed by atoms with Crippen LogP contribution in [0.3, 0.4) is 0 Å². The third-order valence-corrected chi connectivity index (χ3v) is 4.24. The quantitative estimate of drug-likeness (QED) is 0.731. The summed E-state index contributed by atoms with van der Waals surface area (Å²) in [5.74, 6) is 0.454. The molecule has 0 aliphatic carbocycles. The van der Waals surface area contributed by atoms with Crippen LogP contribution in [-0.2, 0) is 18.4 Å². The van der Waals surface area contributed by atoms with E-state index < -0.39 is 0 Å². The van der Waals surface area contributed by atoms with Gasteiger partial charge in [-0.25, -0.2) is 4.68 Å². The van der Waals surface area contributed by atoms with Crippen molar-refractivity contribution in [1.82, 2.24) is 25.1 Å². The lowest BCUT2D eigenvalue weighted by Gasteiger charge is -2.22. The molecule has 1 aromatic heterocycles. The van der Waals surface area contributed by atoms with Crippen molar-refractivity contribution in [2.75, 3.05) is 12.3 Å². The van der Waals surface area contributed by atoms with Gasteiger partial charge in [0.2, 0.25) is 11.1 Å². The molecule has 0 radical (unpaired) electrons. The minimum absolute atomic E-state index is 0.107. The Bertz CT molecular complexity index is 611. The number of tetrazole rings is 1. The van der Waals surface area contributed by atoms with Gasteiger partial charge in [0.25, 0.3) is 0 Å². The summed E-state index contributed by atoms with van der Waals surface area (Å²) in [6.07, 6.45) is 0.938. The molecule has 7 heteroatoms. The molecule has 0 bridgehead atoms. The lowest BCUT2D eigenvalue weighted by atomic mass is 10.1. The van der Waals surface area contributed by atoms with Crippen LogP contribution >= 0.6 is 11.8 Å². The van der Waals surface area contributed by atoms with Crippen molar-refractivity contribution < 1.29 is 4.79 Å². The van der Waals surface area contributed by atoms with Crippen LogP contribution in [0, 0.1) is 6.92 Å². The Kier molecular flexibility index (Phi) is 5.94. The van der Waals surface area contributed by atoms with E-state index in [0.29, 0.717) is 17.5 Å². The number of aromatic nitrogens is 4. The largest absolute Gasteiger partial charge is 0.338 e. The number of carbonyl (C=O) groups is 1.